The van der Waals surface area contributed by atoms with Gasteiger partial charge in [0.15, 0.2) is 0 Å². The Morgan fingerprint density at radius 2 is 1.86 bits per heavy atom. The number of nitrogens with two attached hydrogens (primary N) is 1. The molecule has 0 saturated carbocycles. The summed E-state index contributed by atoms with van der Waals surface area (Å²) in [7, 11) is 0. The highest BCUT2D eigenvalue weighted by molar-refractivity contribution is 4.50. The molecule has 0 heterocycles. The van der Waals surface area contributed by atoms with Crippen molar-refractivity contribution in [2.24, 2.45) is 5.73 Å². The summed E-state index contributed by atoms with van der Waals surface area (Å²) in [5, 5.41) is 0. The minimum absolute atomic E-state index is 0.556. The quantitative estimate of drug-likeness (QED) is 0.531. The second kappa shape index (κ2) is 5.92. The lowest BCUT2D eigenvalue weighted by molar-refractivity contribution is 0.719. The molecule has 3 N–H and O–H groups in total. The standard InChI is InChI=1S/C5H13N2/c6-4-2-1-3-5-7/h6H,1-5,7H2/q-1. The van der Waals surface area contributed by atoms with E-state index in [1.165, 1.54) is 0 Å². The highest BCUT2D eigenvalue weighted by atomic mass is 14.5. The summed E-state index contributed by atoms with van der Waals surface area (Å²) in [6, 6.07) is 0. The second-order valence-corrected chi connectivity index (χ2v) is 1.60. The van der Waals surface area contributed by atoms with Gasteiger partial charge in [-0.15, -0.1) is 0 Å². The van der Waals surface area contributed by atoms with Crippen LogP contribution in [0.15, 0.2) is 0 Å². The van der Waals surface area contributed by atoms with E-state index in [1.807, 2.05) is 0 Å². The highest BCUT2D eigenvalue weighted by Crippen LogP contribution is 1.91. The van der Waals surface area contributed by atoms with Crippen molar-refractivity contribution in [1.29, 1.82) is 0 Å². The average molecular weight is 101 g/mol. The summed E-state index contributed by atoms with van der Waals surface area (Å²) in [6.45, 7) is 1.33. The monoisotopic (exact) mass is 101 g/mol. The zero-order valence-electron chi connectivity index (χ0n) is 4.61. The third-order valence-electron chi connectivity index (χ3n) is 0.881. The Kier molecular flexibility index (Phi) is 5.85. The number of hydrogen-bond donors (Lipinski definition) is 1. The zero-order chi connectivity index (χ0) is 5.54. The minimum atomic E-state index is 0.556. The molecule has 0 fully saturated rings. The molecule has 0 rings (SSSR count). The second-order valence-electron chi connectivity index (χ2n) is 1.60. The third-order valence-corrected chi connectivity index (χ3v) is 0.881. The Hall–Kier alpha value is -0.0800. The molecule has 2 nitrogen and oxygen atoms in total. The van der Waals surface area contributed by atoms with Gasteiger partial charge in [-0.3, -0.25) is 0 Å². The summed E-state index contributed by atoms with van der Waals surface area (Å²) in [5.74, 6) is 0. The van der Waals surface area contributed by atoms with E-state index in [-0.39, 0.29) is 0 Å². The summed E-state index contributed by atoms with van der Waals surface area (Å²) in [4.78, 5) is 0. The van der Waals surface area contributed by atoms with Gasteiger partial charge in [-0.25, -0.2) is 0 Å². The van der Waals surface area contributed by atoms with Crippen LogP contribution in [0.5, 0.6) is 0 Å². The predicted molar refractivity (Wildman–Crippen MR) is 32.1 cm³/mol. The molecule has 0 aromatic carbocycles. The molecule has 0 aliphatic carbocycles. The zero-order valence-corrected chi connectivity index (χ0v) is 4.61. The molecule has 0 radical (unpaired) electrons. The smallest absolute Gasteiger partial charge is 0.00773 e. The lowest BCUT2D eigenvalue weighted by Crippen LogP contribution is -1.97. The maximum absolute atomic E-state index is 6.74. The molecule has 7 heavy (non-hydrogen) atoms. The van der Waals surface area contributed by atoms with Crippen molar-refractivity contribution in [2.45, 2.75) is 19.3 Å². The fourth-order valence-electron chi connectivity index (χ4n) is 0.446. The van der Waals surface area contributed by atoms with Crippen molar-refractivity contribution in [3.05, 3.63) is 5.73 Å². The maximum Gasteiger partial charge on any atom is -0.00773 e. The van der Waals surface area contributed by atoms with Crippen LogP contribution in [0, 0.1) is 0 Å². The molecule has 44 valence electrons. The van der Waals surface area contributed by atoms with E-state index in [0.29, 0.717) is 6.54 Å². The van der Waals surface area contributed by atoms with Crippen LogP contribution in [0.4, 0.5) is 0 Å². The van der Waals surface area contributed by atoms with E-state index >= 15 is 0 Å². The third kappa shape index (κ3) is 5.92. The first-order valence-electron chi connectivity index (χ1n) is 2.76. The Labute approximate surface area is 44.9 Å². The summed E-state index contributed by atoms with van der Waals surface area (Å²) < 4.78 is 0. The molecule has 0 unspecified atom stereocenters. The average Bonchev–Trinajstić information content (AvgIpc) is 1.69. The molecule has 0 spiro atoms. The van der Waals surface area contributed by atoms with Gasteiger partial charge >= 0.3 is 0 Å². The van der Waals surface area contributed by atoms with E-state index in [2.05, 4.69) is 0 Å². The van der Waals surface area contributed by atoms with E-state index in [4.69, 9.17) is 11.5 Å². The first kappa shape index (κ1) is 6.92. The van der Waals surface area contributed by atoms with Gasteiger partial charge in [-0.1, -0.05) is 12.8 Å². The molecule has 0 aromatic heterocycles. The Bertz CT molecular complexity index is 25.3. The van der Waals surface area contributed by atoms with Gasteiger partial charge in [-0.05, 0) is 13.0 Å². The summed E-state index contributed by atoms with van der Waals surface area (Å²) >= 11 is 0. The van der Waals surface area contributed by atoms with Crippen molar-refractivity contribution >= 4 is 0 Å². The van der Waals surface area contributed by atoms with Crippen LogP contribution in [-0.2, 0) is 0 Å². The van der Waals surface area contributed by atoms with Gasteiger partial charge < -0.3 is 11.5 Å². The van der Waals surface area contributed by atoms with Gasteiger partial charge in [0.25, 0.3) is 0 Å². The van der Waals surface area contributed by atoms with Gasteiger partial charge in [0.1, 0.15) is 0 Å². The molecular formula is C5H13N2-. The van der Waals surface area contributed by atoms with Gasteiger partial charge in [0.2, 0.25) is 0 Å². The molecule has 0 amide bonds. The molecule has 0 aromatic rings. The first-order chi connectivity index (χ1) is 3.41. The van der Waals surface area contributed by atoms with Crippen LogP contribution in [0.2, 0.25) is 0 Å². The molecule has 0 aliphatic rings. The Morgan fingerprint density at radius 3 is 2.29 bits per heavy atom. The largest absolute Gasteiger partial charge is 0.677 e. The van der Waals surface area contributed by atoms with Crippen molar-refractivity contribution in [2.75, 3.05) is 13.1 Å². The molecule has 0 aliphatic heterocycles. The van der Waals surface area contributed by atoms with E-state index < -0.39 is 0 Å². The Morgan fingerprint density at radius 1 is 1.14 bits per heavy atom. The number of unbranched alkanes of at least 4 members (excludes halogenated alkanes) is 2. The lowest BCUT2D eigenvalue weighted by Gasteiger charge is -1.97. The van der Waals surface area contributed by atoms with E-state index in [1.54, 1.807) is 0 Å². The predicted octanol–water partition coefficient (Wildman–Crippen LogP) is 1.17. The van der Waals surface area contributed by atoms with Crippen LogP contribution in [-0.4, -0.2) is 13.1 Å². The van der Waals surface area contributed by atoms with E-state index in [0.717, 1.165) is 25.8 Å². The summed E-state index contributed by atoms with van der Waals surface area (Å²) in [6.07, 6.45) is 3.22. The van der Waals surface area contributed by atoms with Gasteiger partial charge in [0, 0.05) is 0 Å². The summed E-state index contributed by atoms with van der Waals surface area (Å²) in [5.41, 5.74) is 11.9. The molecule has 0 saturated heterocycles. The SMILES string of the molecule is [NH-]CCCCCN. The number of rotatable bonds is 4. The number of hydrogen-bond acceptors (Lipinski definition) is 1. The fourth-order valence-corrected chi connectivity index (χ4v) is 0.446. The van der Waals surface area contributed by atoms with Crippen molar-refractivity contribution < 1.29 is 0 Å². The Balaban J connectivity index is 2.45. The van der Waals surface area contributed by atoms with Crippen LogP contribution < -0.4 is 5.73 Å². The lowest BCUT2D eigenvalue weighted by atomic mass is 10.2. The molecule has 0 atom stereocenters. The van der Waals surface area contributed by atoms with Crippen LogP contribution in [0.1, 0.15) is 19.3 Å². The molecular weight excluding hydrogens is 88.1 g/mol. The minimum Gasteiger partial charge on any atom is -0.677 e. The van der Waals surface area contributed by atoms with Gasteiger partial charge in [-0.2, -0.15) is 6.54 Å². The van der Waals surface area contributed by atoms with E-state index in [9.17, 15) is 0 Å². The number of nitrogens with one attached hydrogen (secondary N) is 1. The highest BCUT2D eigenvalue weighted by Gasteiger charge is 1.77. The molecule has 2 heteroatoms. The van der Waals surface area contributed by atoms with Crippen LogP contribution in [0.25, 0.3) is 5.73 Å². The molecule has 0 bridgehead atoms. The van der Waals surface area contributed by atoms with Crippen molar-refractivity contribution in [1.82, 2.24) is 0 Å². The van der Waals surface area contributed by atoms with Crippen LogP contribution >= 0.6 is 0 Å². The van der Waals surface area contributed by atoms with Gasteiger partial charge in [0.05, 0.1) is 0 Å². The normalized spacial score (nSPS) is 9.43. The van der Waals surface area contributed by atoms with Crippen molar-refractivity contribution in [3.63, 3.8) is 0 Å². The fraction of sp³-hybridized carbons (Fsp3) is 1.00. The van der Waals surface area contributed by atoms with Crippen LogP contribution in [0.3, 0.4) is 0 Å². The first-order valence-corrected chi connectivity index (χ1v) is 2.76. The van der Waals surface area contributed by atoms with Crippen molar-refractivity contribution in [3.8, 4) is 0 Å². The topological polar surface area (TPSA) is 49.8 Å². The maximum atomic E-state index is 6.74.